The maximum atomic E-state index is 11.8. The van der Waals surface area contributed by atoms with Crippen LogP contribution in [0.15, 0.2) is 29.3 Å². The summed E-state index contributed by atoms with van der Waals surface area (Å²) in [6.07, 6.45) is 1.54. The standard InChI is InChI=1S/C20H30N4O4.HI/c1-4-27-19(26)16-8-11-24(12-9-16)20(21-3)22-10-13-28-18-7-5-6-17(14-18)23-15(2)25;/h5-7,14,16H,4,8-13H2,1-3H3,(H,21,22)(H,23,25);1H. The topological polar surface area (TPSA) is 92.3 Å². The number of carbonyl (C=O) groups is 2. The molecule has 0 saturated carbocycles. The van der Waals surface area contributed by atoms with E-state index in [9.17, 15) is 9.59 Å². The molecule has 1 aromatic rings. The minimum atomic E-state index is -0.116. The first kappa shape index (κ1) is 25.0. The second kappa shape index (κ2) is 13.2. The van der Waals surface area contributed by atoms with E-state index < -0.39 is 0 Å². The Bertz CT molecular complexity index is 691. The first-order valence-electron chi connectivity index (χ1n) is 9.66. The summed E-state index contributed by atoms with van der Waals surface area (Å²) in [7, 11) is 1.75. The van der Waals surface area contributed by atoms with Gasteiger partial charge in [0.05, 0.1) is 19.1 Å². The molecule has 8 nitrogen and oxygen atoms in total. The number of guanidine groups is 1. The molecule has 2 N–H and O–H groups in total. The van der Waals surface area contributed by atoms with Gasteiger partial charge in [-0.25, -0.2) is 0 Å². The SMILES string of the molecule is CCOC(=O)C1CCN(C(=NC)NCCOc2cccc(NC(C)=O)c2)CC1.I. The van der Waals surface area contributed by atoms with Gasteiger partial charge in [0.2, 0.25) is 5.91 Å². The molecule has 1 aliphatic rings. The Hall–Kier alpha value is -2.04. The van der Waals surface area contributed by atoms with Crippen LogP contribution in [0.3, 0.4) is 0 Å². The van der Waals surface area contributed by atoms with Gasteiger partial charge in [0.25, 0.3) is 0 Å². The van der Waals surface area contributed by atoms with Crippen LogP contribution >= 0.6 is 24.0 Å². The number of benzene rings is 1. The summed E-state index contributed by atoms with van der Waals surface area (Å²) in [5.41, 5.74) is 0.707. The molecule has 9 heteroatoms. The van der Waals surface area contributed by atoms with Crippen LogP contribution in [0.5, 0.6) is 5.75 Å². The molecule has 1 saturated heterocycles. The first-order chi connectivity index (χ1) is 13.5. The number of hydrogen-bond donors (Lipinski definition) is 2. The number of hydrogen-bond acceptors (Lipinski definition) is 5. The van der Waals surface area contributed by atoms with E-state index in [2.05, 4.69) is 20.5 Å². The molecule has 1 aromatic carbocycles. The first-order valence-corrected chi connectivity index (χ1v) is 9.66. The Kier molecular flexibility index (Phi) is 11.4. The molecule has 0 aromatic heterocycles. The highest BCUT2D eigenvalue weighted by molar-refractivity contribution is 14.0. The number of halogens is 1. The van der Waals surface area contributed by atoms with Gasteiger partial charge in [-0.05, 0) is 31.9 Å². The van der Waals surface area contributed by atoms with Gasteiger partial charge in [0.15, 0.2) is 5.96 Å². The van der Waals surface area contributed by atoms with Crippen molar-refractivity contribution in [2.45, 2.75) is 26.7 Å². The lowest BCUT2D eigenvalue weighted by Crippen LogP contribution is -2.47. The van der Waals surface area contributed by atoms with Gasteiger partial charge in [-0.2, -0.15) is 0 Å². The predicted octanol–water partition coefficient (Wildman–Crippen LogP) is 2.49. The van der Waals surface area contributed by atoms with Crippen molar-refractivity contribution in [3.05, 3.63) is 24.3 Å². The molecule has 0 aliphatic carbocycles. The molecule has 0 radical (unpaired) electrons. The average Bonchev–Trinajstić information content (AvgIpc) is 2.68. The average molecular weight is 518 g/mol. The van der Waals surface area contributed by atoms with Gasteiger partial charge in [0.1, 0.15) is 12.4 Å². The molecule has 0 unspecified atom stereocenters. The number of esters is 1. The van der Waals surface area contributed by atoms with E-state index in [1.807, 2.05) is 25.1 Å². The Morgan fingerprint density at radius 3 is 2.62 bits per heavy atom. The zero-order valence-electron chi connectivity index (χ0n) is 17.3. The number of nitrogens with zero attached hydrogens (tertiary/aromatic N) is 2. The zero-order chi connectivity index (χ0) is 20.4. The number of piperidine rings is 1. The molecule has 1 amide bonds. The molecular weight excluding hydrogens is 487 g/mol. The molecule has 1 heterocycles. The second-order valence-electron chi connectivity index (χ2n) is 6.54. The van der Waals surface area contributed by atoms with Crippen molar-refractivity contribution in [2.24, 2.45) is 10.9 Å². The van der Waals surface area contributed by atoms with E-state index in [1.54, 1.807) is 13.1 Å². The lowest BCUT2D eigenvalue weighted by molar-refractivity contribution is -0.149. The van der Waals surface area contributed by atoms with Crippen molar-refractivity contribution >= 4 is 47.5 Å². The number of likely N-dealkylation sites (tertiary alicyclic amines) is 1. The van der Waals surface area contributed by atoms with Crippen molar-refractivity contribution in [2.75, 3.05) is 45.2 Å². The van der Waals surface area contributed by atoms with Gasteiger partial charge in [-0.1, -0.05) is 6.07 Å². The van der Waals surface area contributed by atoms with E-state index in [0.717, 1.165) is 31.9 Å². The van der Waals surface area contributed by atoms with Crippen molar-refractivity contribution in [1.82, 2.24) is 10.2 Å². The lowest BCUT2D eigenvalue weighted by Gasteiger charge is -2.33. The Morgan fingerprint density at radius 2 is 2.00 bits per heavy atom. The highest BCUT2D eigenvalue weighted by Crippen LogP contribution is 2.19. The molecule has 162 valence electrons. The molecule has 2 rings (SSSR count). The maximum Gasteiger partial charge on any atom is 0.309 e. The van der Waals surface area contributed by atoms with Crippen molar-refractivity contribution in [3.63, 3.8) is 0 Å². The highest BCUT2D eigenvalue weighted by atomic mass is 127. The molecule has 0 atom stereocenters. The summed E-state index contributed by atoms with van der Waals surface area (Å²) < 4.78 is 10.8. The number of carbonyl (C=O) groups excluding carboxylic acids is 2. The third-order valence-corrected chi connectivity index (χ3v) is 4.43. The van der Waals surface area contributed by atoms with Crippen LogP contribution in [-0.4, -0.2) is 62.6 Å². The summed E-state index contributed by atoms with van der Waals surface area (Å²) in [5, 5.41) is 6.02. The number of rotatable bonds is 7. The number of aliphatic imine (C=N–C) groups is 1. The van der Waals surface area contributed by atoms with E-state index in [-0.39, 0.29) is 41.8 Å². The summed E-state index contributed by atoms with van der Waals surface area (Å²) in [5.74, 6) is 1.26. The Morgan fingerprint density at radius 1 is 1.28 bits per heavy atom. The molecule has 0 spiro atoms. The van der Waals surface area contributed by atoms with Crippen molar-refractivity contribution in [1.29, 1.82) is 0 Å². The summed E-state index contributed by atoms with van der Waals surface area (Å²) in [4.78, 5) is 29.4. The fourth-order valence-corrected chi connectivity index (χ4v) is 3.12. The van der Waals surface area contributed by atoms with Crippen LogP contribution in [0.2, 0.25) is 0 Å². The van der Waals surface area contributed by atoms with Gasteiger partial charge in [0, 0.05) is 38.8 Å². The fraction of sp³-hybridized carbons (Fsp3) is 0.550. The number of amides is 1. The predicted molar refractivity (Wildman–Crippen MR) is 124 cm³/mol. The normalized spacial score (nSPS) is 14.6. The molecule has 1 aliphatic heterocycles. The Labute approximate surface area is 189 Å². The number of ether oxygens (including phenoxy) is 2. The van der Waals surface area contributed by atoms with Crippen LogP contribution < -0.4 is 15.4 Å². The van der Waals surface area contributed by atoms with Crippen LogP contribution in [0.25, 0.3) is 0 Å². The van der Waals surface area contributed by atoms with Crippen LogP contribution in [0.4, 0.5) is 5.69 Å². The largest absolute Gasteiger partial charge is 0.492 e. The third kappa shape index (κ3) is 8.46. The summed E-state index contributed by atoms with van der Waals surface area (Å²) in [6, 6.07) is 7.28. The minimum absolute atomic E-state index is 0. The van der Waals surface area contributed by atoms with Crippen LogP contribution in [0.1, 0.15) is 26.7 Å². The van der Waals surface area contributed by atoms with E-state index in [0.29, 0.717) is 31.2 Å². The molecule has 1 fully saturated rings. The quantitative estimate of drug-likeness (QED) is 0.190. The fourth-order valence-electron chi connectivity index (χ4n) is 3.12. The van der Waals surface area contributed by atoms with E-state index >= 15 is 0 Å². The zero-order valence-corrected chi connectivity index (χ0v) is 19.6. The highest BCUT2D eigenvalue weighted by Gasteiger charge is 2.27. The molecular formula is C20H31IN4O4. The van der Waals surface area contributed by atoms with Crippen LogP contribution in [-0.2, 0) is 14.3 Å². The van der Waals surface area contributed by atoms with E-state index in [1.165, 1.54) is 6.92 Å². The van der Waals surface area contributed by atoms with Gasteiger partial charge < -0.3 is 25.0 Å². The van der Waals surface area contributed by atoms with Crippen molar-refractivity contribution in [3.8, 4) is 5.75 Å². The van der Waals surface area contributed by atoms with Gasteiger partial charge in [-0.15, -0.1) is 24.0 Å². The summed E-state index contributed by atoms with van der Waals surface area (Å²) in [6.45, 7) is 6.31. The third-order valence-electron chi connectivity index (χ3n) is 4.43. The molecule has 29 heavy (non-hydrogen) atoms. The van der Waals surface area contributed by atoms with Crippen LogP contribution in [0, 0.1) is 5.92 Å². The monoisotopic (exact) mass is 518 g/mol. The summed E-state index contributed by atoms with van der Waals surface area (Å²) >= 11 is 0. The lowest BCUT2D eigenvalue weighted by atomic mass is 9.97. The van der Waals surface area contributed by atoms with Gasteiger partial charge in [-0.3, -0.25) is 14.6 Å². The minimum Gasteiger partial charge on any atom is -0.492 e. The Balaban J connectivity index is 0.00000420. The number of anilines is 1. The van der Waals surface area contributed by atoms with Crippen molar-refractivity contribution < 1.29 is 19.1 Å². The van der Waals surface area contributed by atoms with Gasteiger partial charge >= 0.3 is 5.97 Å². The number of nitrogens with one attached hydrogen (secondary N) is 2. The second-order valence-corrected chi connectivity index (χ2v) is 6.54. The maximum absolute atomic E-state index is 11.8. The molecule has 0 bridgehead atoms. The smallest absolute Gasteiger partial charge is 0.309 e. The van der Waals surface area contributed by atoms with E-state index in [4.69, 9.17) is 9.47 Å².